The van der Waals surface area contributed by atoms with Crippen LogP contribution in [0.5, 0.6) is 0 Å². The zero-order chi connectivity index (χ0) is 28.3. The van der Waals surface area contributed by atoms with Crippen molar-refractivity contribution < 1.29 is 26.4 Å². The fraction of sp³-hybridized carbons (Fsp3) is 0.0345. The molecular formula is C29H20F3N3O3S2. The van der Waals surface area contributed by atoms with E-state index in [0.29, 0.717) is 11.8 Å². The van der Waals surface area contributed by atoms with Crippen molar-refractivity contribution in [1.82, 2.24) is 4.98 Å². The standard InChI is InChI=1S/C29H20F3N3O3S2/c30-29(31,32)22-13-16-24(27(36)34-28-33-26(18-39-28)21-9-5-2-6-10-21)25(17-22)35-40(37,38)23-14-11-20(12-15-23)19-7-3-1-4-8-19/h1-18,35H,(H,33,34,36). The quantitative estimate of drug-likeness (QED) is 0.208. The Kier molecular flexibility index (Phi) is 7.42. The molecule has 0 unspecified atom stereocenters. The molecule has 0 radical (unpaired) electrons. The lowest BCUT2D eigenvalue weighted by Gasteiger charge is -2.15. The molecule has 6 nitrogen and oxygen atoms in total. The Morgan fingerprint density at radius 3 is 2.00 bits per heavy atom. The number of nitrogens with one attached hydrogen (secondary N) is 2. The molecule has 0 saturated carbocycles. The lowest BCUT2D eigenvalue weighted by molar-refractivity contribution is -0.137. The van der Waals surface area contributed by atoms with Crippen LogP contribution in [0.1, 0.15) is 15.9 Å². The molecule has 40 heavy (non-hydrogen) atoms. The smallest absolute Gasteiger partial charge is 0.298 e. The second-order valence-corrected chi connectivity index (χ2v) is 11.2. The summed E-state index contributed by atoms with van der Waals surface area (Å²) in [6, 6.07) is 26.6. The summed E-state index contributed by atoms with van der Waals surface area (Å²) in [5.74, 6) is -0.820. The summed E-state index contributed by atoms with van der Waals surface area (Å²) < 4.78 is 69.0. The zero-order valence-corrected chi connectivity index (χ0v) is 22.1. The number of rotatable bonds is 7. The maximum absolute atomic E-state index is 13.5. The number of nitrogens with zero attached hydrogens (tertiary/aromatic N) is 1. The first-order valence-corrected chi connectivity index (χ1v) is 14.2. The van der Waals surface area contributed by atoms with E-state index in [1.807, 2.05) is 60.7 Å². The van der Waals surface area contributed by atoms with Crippen LogP contribution in [-0.4, -0.2) is 19.3 Å². The Morgan fingerprint density at radius 2 is 1.38 bits per heavy atom. The highest BCUT2D eigenvalue weighted by Gasteiger charge is 2.32. The number of carbonyl (C=O) groups excluding carboxylic acids is 1. The molecular weight excluding hydrogens is 559 g/mol. The van der Waals surface area contributed by atoms with Crippen LogP contribution >= 0.6 is 11.3 Å². The normalized spacial score (nSPS) is 11.7. The van der Waals surface area contributed by atoms with Crippen molar-refractivity contribution in [1.29, 1.82) is 0 Å². The number of thiazole rings is 1. The zero-order valence-electron chi connectivity index (χ0n) is 20.5. The molecule has 1 amide bonds. The average molecular weight is 580 g/mol. The van der Waals surface area contributed by atoms with Crippen LogP contribution in [0.2, 0.25) is 0 Å². The van der Waals surface area contributed by atoms with E-state index >= 15 is 0 Å². The van der Waals surface area contributed by atoms with Crippen LogP contribution in [0, 0.1) is 0 Å². The molecule has 0 aliphatic heterocycles. The van der Waals surface area contributed by atoms with E-state index in [4.69, 9.17) is 0 Å². The predicted octanol–water partition coefficient (Wildman–Crippen LogP) is 7.55. The van der Waals surface area contributed by atoms with Crippen LogP contribution in [0.25, 0.3) is 22.4 Å². The van der Waals surface area contributed by atoms with Crippen LogP contribution in [0.3, 0.4) is 0 Å². The molecule has 0 spiro atoms. The van der Waals surface area contributed by atoms with Gasteiger partial charge in [-0.2, -0.15) is 13.2 Å². The maximum atomic E-state index is 13.5. The summed E-state index contributed by atoms with van der Waals surface area (Å²) in [7, 11) is -4.35. The van der Waals surface area contributed by atoms with Gasteiger partial charge in [-0.15, -0.1) is 11.3 Å². The SMILES string of the molecule is O=C(Nc1nc(-c2ccccc2)cs1)c1ccc(C(F)(F)F)cc1NS(=O)(=O)c1ccc(-c2ccccc2)cc1. The topological polar surface area (TPSA) is 88.2 Å². The highest BCUT2D eigenvalue weighted by Crippen LogP contribution is 2.34. The van der Waals surface area contributed by atoms with E-state index in [2.05, 4.69) is 15.0 Å². The first-order chi connectivity index (χ1) is 19.1. The minimum absolute atomic E-state index is 0.177. The summed E-state index contributed by atoms with van der Waals surface area (Å²) in [4.78, 5) is 17.3. The van der Waals surface area contributed by atoms with E-state index in [9.17, 15) is 26.4 Å². The van der Waals surface area contributed by atoms with E-state index in [0.717, 1.165) is 40.2 Å². The molecule has 0 atom stereocenters. The Balaban J connectivity index is 1.43. The number of halogens is 3. The second-order valence-electron chi connectivity index (χ2n) is 8.61. The van der Waals surface area contributed by atoms with Crippen molar-refractivity contribution in [2.75, 3.05) is 10.0 Å². The molecule has 0 fully saturated rings. The highest BCUT2D eigenvalue weighted by atomic mass is 32.2. The van der Waals surface area contributed by atoms with Gasteiger partial charge in [-0.3, -0.25) is 14.8 Å². The number of benzene rings is 4. The third-order valence-electron chi connectivity index (χ3n) is 5.90. The first-order valence-electron chi connectivity index (χ1n) is 11.8. The van der Waals surface area contributed by atoms with E-state index in [1.165, 1.54) is 12.1 Å². The number of alkyl halides is 3. The fourth-order valence-electron chi connectivity index (χ4n) is 3.90. The number of sulfonamides is 1. The van der Waals surface area contributed by atoms with Gasteiger partial charge in [0.1, 0.15) is 0 Å². The maximum Gasteiger partial charge on any atom is 0.416 e. The predicted molar refractivity (Wildman–Crippen MR) is 150 cm³/mol. The monoisotopic (exact) mass is 579 g/mol. The molecule has 4 aromatic carbocycles. The largest absolute Gasteiger partial charge is 0.416 e. The van der Waals surface area contributed by atoms with Gasteiger partial charge in [-0.25, -0.2) is 13.4 Å². The van der Waals surface area contributed by atoms with Gasteiger partial charge >= 0.3 is 6.18 Å². The van der Waals surface area contributed by atoms with Gasteiger partial charge in [-0.1, -0.05) is 72.8 Å². The van der Waals surface area contributed by atoms with Gasteiger partial charge in [-0.05, 0) is 41.5 Å². The molecule has 5 rings (SSSR count). The summed E-state index contributed by atoms with van der Waals surface area (Å²) >= 11 is 1.13. The molecule has 0 aliphatic carbocycles. The molecule has 1 aromatic heterocycles. The lowest BCUT2D eigenvalue weighted by atomic mass is 10.1. The molecule has 0 bridgehead atoms. The number of aromatic nitrogens is 1. The van der Waals surface area contributed by atoms with Gasteiger partial charge in [0.15, 0.2) is 5.13 Å². The molecule has 11 heteroatoms. The minimum atomic E-state index is -4.76. The van der Waals surface area contributed by atoms with Crippen molar-refractivity contribution in [3.05, 3.63) is 120 Å². The Hall–Kier alpha value is -4.48. The average Bonchev–Trinajstić information content (AvgIpc) is 3.42. The number of amides is 1. The molecule has 0 aliphatic rings. The Labute approximate surface area is 232 Å². The number of hydrogen-bond donors (Lipinski definition) is 2. The Bertz CT molecular complexity index is 1760. The van der Waals surface area contributed by atoms with Gasteiger partial charge in [0.25, 0.3) is 15.9 Å². The van der Waals surface area contributed by atoms with Crippen molar-refractivity contribution in [2.24, 2.45) is 0 Å². The second kappa shape index (κ2) is 10.9. The lowest BCUT2D eigenvalue weighted by Crippen LogP contribution is -2.20. The summed E-state index contributed by atoms with van der Waals surface area (Å²) in [5, 5.41) is 4.48. The molecule has 5 aromatic rings. The number of carbonyl (C=O) groups is 1. The number of hydrogen-bond acceptors (Lipinski definition) is 5. The van der Waals surface area contributed by atoms with Gasteiger partial charge in [0, 0.05) is 10.9 Å². The highest BCUT2D eigenvalue weighted by molar-refractivity contribution is 7.92. The van der Waals surface area contributed by atoms with Crippen molar-refractivity contribution in [2.45, 2.75) is 11.1 Å². The van der Waals surface area contributed by atoms with Crippen molar-refractivity contribution >= 4 is 38.1 Å². The molecule has 202 valence electrons. The van der Waals surface area contributed by atoms with Crippen molar-refractivity contribution in [3.8, 4) is 22.4 Å². The van der Waals surface area contributed by atoms with Crippen LogP contribution in [0.15, 0.2) is 113 Å². The van der Waals surface area contributed by atoms with Crippen molar-refractivity contribution in [3.63, 3.8) is 0 Å². The molecule has 2 N–H and O–H groups in total. The molecule has 1 heterocycles. The van der Waals surface area contributed by atoms with Crippen LogP contribution in [-0.2, 0) is 16.2 Å². The molecule has 0 saturated heterocycles. The summed E-state index contributed by atoms with van der Waals surface area (Å²) in [6.45, 7) is 0. The third-order valence-corrected chi connectivity index (χ3v) is 8.04. The van der Waals surface area contributed by atoms with E-state index in [1.54, 1.807) is 17.5 Å². The number of anilines is 2. The minimum Gasteiger partial charge on any atom is -0.298 e. The van der Waals surface area contributed by atoms with Gasteiger partial charge in [0.2, 0.25) is 0 Å². The van der Waals surface area contributed by atoms with Gasteiger partial charge in [0.05, 0.1) is 27.4 Å². The van der Waals surface area contributed by atoms with E-state index < -0.39 is 33.4 Å². The fourth-order valence-corrected chi connectivity index (χ4v) is 5.69. The summed E-state index contributed by atoms with van der Waals surface area (Å²) in [6.07, 6.45) is -4.76. The third kappa shape index (κ3) is 6.05. The van der Waals surface area contributed by atoms with Crippen LogP contribution < -0.4 is 10.0 Å². The van der Waals surface area contributed by atoms with Crippen LogP contribution in [0.4, 0.5) is 24.0 Å². The Morgan fingerprint density at radius 1 is 0.775 bits per heavy atom. The summed E-state index contributed by atoms with van der Waals surface area (Å²) in [5.41, 5.74) is 1.13. The first kappa shape index (κ1) is 27.1. The van der Waals surface area contributed by atoms with E-state index in [-0.39, 0.29) is 15.6 Å². The van der Waals surface area contributed by atoms with Gasteiger partial charge < -0.3 is 0 Å².